The molecular weight excluding hydrogens is 394 g/mol. The van der Waals surface area contributed by atoms with E-state index >= 15 is 0 Å². The van der Waals surface area contributed by atoms with Gasteiger partial charge in [0.15, 0.2) is 0 Å². The third-order valence-electron chi connectivity index (χ3n) is 5.84. The van der Waals surface area contributed by atoms with E-state index in [-0.39, 0.29) is 24.2 Å². The van der Waals surface area contributed by atoms with E-state index in [0.29, 0.717) is 34.3 Å². The normalized spacial score (nSPS) is 20.8. The van der Waals surface area contributed by atoms with Crippen molar-refractivity contribution in [1.82, 2.24) is 18.4 Å². The highest BCUT2D eigenvalue weighted by Gasteiger charge is 2.51. The van der Waals surface area contributed by atoms with Crippen LogP contribution in [-0.4, -0.2) is 44.2 Å². The number of nitrogens with zero attached hydrogens (tertiary/aromatic N) is 5. The molecule has 2 aliphatic rings. The van der Waals surface area contributed by atoms with Crippen LogP contribution in [0.15, 0.2) is 35.3 Å². The second-order valence-electron chi connectivity index (χ2n) is 7.22. The quantitative estimate of drug-likeness (QED) is 0.696. The van der Waals surface area contributed by atoms with Crippen LogP contribution < -0.4 is 5.69 Å². The number of rotatable bonds is 3. The fourth-order valence-corrected chi connectivity index (χ4v) is 5.84. The minimum absolute atomic E-state index is 0.0339. The molecule has 2 aliphatic heterocycles. The minimum atomic E-state index is -3.45. The molecule has 0 radical (unpaired) electrons. The SMILES string of the molecule is CCS(=O)(=O)N1C[C@H]2CC1c1c(O)n(-c3ccc(C#N)c4ncccc34)c(=O)n12. The first kappa shape index (κ1) is 17.9. The second-order valence-corrected chi connectivity index (χ2v) is 9.43. The summed E-state index contributed by atoms with van der Waals surface area (Å²) in [5, 5.41) is 20.9. The highest BCUT2D eigenvalue weighted by Crippen LogP contribution is 2.49. The molecule has 2 bridgehead atoms. The Hall–Kier alpha value is -3.16. The fourth-order valence-electron chi connectivity index (χ4n) is 4.54. The van der Waals surface area contributed by atoms with Crippen LogP contribution in [0.3, 0.4) is 0 Å². The molecule has 2 aromatic heterocycles. The van der Waals surface area contributed by atoms with E-state index < -0.39 is 21.8 Å². The van der Waals surface area contributed by atoms with Crippen LogP contribution in [0, 0.1) is 11.3 Å². The molecule has 0 saturated carbocycles. The standard InChI is InChI=1S/C19H17N5O4S/c1-2-29(27,28)22-10-12-8-15(22)17-18(25)24(19(26)23(12)17)14-6-5-11(9-20)16-13(14)4-3-7-21-16/h3-7,12,15,25H,2,8,10H2,1H3/t12-,15?/m1/s1. The highest BCUT2D eigenvalue weighted by atomic mass is 32.2. The van der Waals surface area contributed by atoms with Crippen LogP contribution in [-0.2, 0) is 10.0 Å². The van der Waals surface area contributed by atoms with Gasteiger partial charge in [0.05, 0.1) is 34.6 Å². The van der Waals surface area contributed by atoms with Gasteiger partial charge in [-0.15, -0.1) is 0 Å². The van der Waals surface area contributed by atoms with E-state index in [2.05, 4.69) is 11.1 Å². The van der Waals surface area contributed by atoms with Gasteiger partial charge in [0.1, 0.15) is 11.8 Å². The first-order chi connectivity index (χ1) is 13.9. The van der Waals surface area contributed by atoms with Gasteiger partial charge in [0.2, 0.25) is 15.9 Å². The zero-order chi connectivity index (χ0) is 20.5. The number of sulfonamides is 1. The van der Waals surface area contributed by atoms with E-state index in [1.807, 2.05) is 0 Å². The Morgan fingerprint density at radius 3 is 2.86 bits per heavy atom. The van der Waals surface area contributed by atoms with Crippen molar-refractivity contribution >= 4 is 20.9 Å². The predicted molar refractivity (Wildman–Crippen MR) is 104 cm³/mol. The maximum Gasteiger partial charge on any atom is 0.336 e. The highest BCUT2D eigenvalue weighted by molar-refractivity contribution is 7.89. The van der Waals surface area contributed by atoms with Crippen molar-refractivity contribution in [2.24, 2.45) is 0 Å². The molecule has 1 fully saturated rings. The molecule has 1 unspecified atom stereocenters. The van der Waals surface area contributed by atoms with Crippen LogP contribution in [0.2, 0.25) is 0 Å². The van der Waals surface area contributed by atoms with Crippen molar-refractivity contribution in [2.45, 2.75) is 25.4 Å². The van der Waals surface area contributed by atoms with Gasteiger partial charge >= 0.3 is 5.69 Å². The molecule has 1 saturated heterocycles. The van der Waals surface area contributed by atoms with Crippen molar-refractivity contribution in [3.63, 3.8) is 0 Å². The summed E-state index contributed by atoms with van der Waals surface area (Å²) in [6.45, 7) is 1.81. The number of pyridine rings is 1. The predicted octanol–water partition coefficient (Wildman–Crippen LogP) is 1.42. The number of nitriles is 1. The van der Waals surface area contributed by atoms with Crippen LogP contribution in [0.1, 0.15) is 36.7 Å². The van der Waals surface area contributed by atoms with Crippen LogP contribution >= 0.6 is 0 Å². The molecule has 9 nitrogen and oxygen atoms in total. The average molecular weight is 411 g/mol. The lowest BCUT2D eigenvalue weighted by atomic mass is 10.1. The van der Waals surface area contributed by atoms with Crippen molar-refractivity contribution in [3.05, 3.63) is 52.2 Å². The fraction of sp³-hybridized carbons (Fsp3) is 0.316. The Kier molecular flexibility index (Phi) is 3.65. The van der Waals surface area contributed by atoms with E-state index in [0.717, 1.165) is 0 Å². The molecule has 3 aromatic rings. The average Bonchev–Trinajstić information content (AvgIpc) is 3.39. The third-order valence-corrected chi connectivity index (χ3v) is 7.69. The lowest BCUT2D eigenvalue weighted by Crippen LogP contribution is -2.38. The van der Waals surface area contributed by atoms with Gasteiger partial charge in [0, 0.05) is 18.1 Å². The Morgan fingerprint density at radius 1 is 1.34 bits per heavy atom. The van der Waals surface area contributed by atoms with Gasteiger partial charge in [-0.05, 0) is 37.6 Å². The number of benzene rings is 1. The van der Waals surface area contributed by atoms with Gasteiger partial charge in [-0.1, -0.05) is 0 Å². The summed E-state index contributed by atoms with van der Waals surface area (Å²) >= 11 is 0. The number of imidazole rings is 1. The monoisotopic (exact) mass is 411 g/mol. The zero-order valence-electron chi connectivity index (χ0n) is 15.5. The molecule has 0 spiro atoms. The van der Waals surface area contributed by atoms with E-state index in [4.69, 9.17) is 0 Å². The van der Waals surface area contributed by atoms with Crippen molar-refractivity contribution in [1.29, 1.82) is 5.26 Å². The molecule has 0 amide bonds. The summed E-state index contributed by atoms with van der Waals surface area (Å²) in [5.74, 6) is -0.304. The summed E-state index contributed by atoms with van der Waals surface area (Å²) in [5.41, 5.74) is 1.10. The lowest BCUT2D eigenvalue weighted by Gasteiger charge is -2.26. The summed E-state index contributed by atoms with van der Waals surface area (Å²) < 4.78 is 28.9. The largest absolute Gasteiger partial charge is 0.493 e. The molecule has 10 heteroatoms. The van der Waals surface area contributed by atoms with Crippen LogP contribution in [0.25, 0.3) is 16.6 Å². The molecule has 1 aromatic carbocycles. The maximum atomic E-state index is 13.2. The first-order valence-electron chi connectivity index (χ1n) is 9.22. The van der Waals surface area contributed by atoms with E-state index in [1.54, 1.807) is 37.4 Å². The molecular formula is C19H17N5O4S. The minimum Gasteiger partial charge on any atom is -0.493 e. The van der Waals surface area contributed by atoms with Crippen LogP contribution in [0.5, 0.6) is 5.88 Å². The number of aromatic nitrogens is 3. The summed E-state index contributed by atoms with van der Waals surface area (Å²) in [6, 6.07) is 7.80. The molecule has 5 rings (SSSR count). The Balaban J connectivity index is 1.75. The van der Waals surface area contributed by atoms with Gasteiger partial charge in [-0.3, -0.25) is 9.55 Å². The molecule has 0 aliphatic carbocycles. The van der Waals surface area contributed by atoms with Gasteiger partial charge < -0.3 is 5.11 Å². The molecule has 148 valence electrons. The summed E-state index contributed by atoms with van der Waals surface area (Å²) in [7, 11) is -3.45. The first-order valence-corrected chi connectivity index (χ1v) is 10.8. The molecule has 2 atom stereocenters. The van der Waals surface area contributed by atoms with Crippen LogP contribution in [0.4, 0.5) is 0 Å². The zero-order valence-corrected chi connectivity index (χ0v) is 16.3. The van der Waals surface area contributed by atoms with Crippen molar-refractivity contribution in [2.75, 3.05) is 12.3 Å². The van der Waals surface area contributed by atoms with Crippen molar-refractivity contribution in [3.8, 4) is 17.6 Å². The Bertz CT molecular complexity index is 1380. The lowest BCUT2D eigenvalue weighted by molar-refractivity contribution is 0.343. The smallest absolute Gasteiger partial charge is 0.336 e. The maximum absolute atomic E-state index is 13.2. The topological polar surface area (TPSA) is 121 Å². The Morgan fingerprint density at radius 2 is 2.14 bits per heavy atom. The molecule has 29 heavy (non-hydrogen) atoms. The molecule has 1 N–H and O–H groups in total. The van der Waals surface area contributed by atoms with Gasteiger partial charge in [-0.2, -0.15) is 9.57 Å². The number of aromatic hydroxyl groups is 1. The Labute approximate surface area is 166 Å². The summed E-state index contributed by atoms with van der Waals surface area (Å²) in [6.07, 6.45) is 2.04. The summed E-state index contributed by atoms with van der Waals surface area (Å²) in [4.78, 5) is 17.5. The third kappa shape index (κ3) is 2.25. The molecule has 4 heterocycles. The van der Waals surface area contributed by atoms with Gasteiger partial charge in [0.25, 0.3) is 0 Å². The number of hydrogen-bond acceptors (Lipinski definition) is 6. The van der Waals surface area contributed by atoms with Gasteiger partial charge in [-0.25, -0.2) is 17.8 Å². The number of fused-ring (bicyclic) bond motifs is 6. The number of hydrogen-bond donors (Lipinski definition) is 1. The second kappa shape index (κ2) is 5.92. The van der Waals surface area contributed by atoms with E-state index in [9.17, 15) is 23.6 Å². The van der Waals surface area contributed by atoms with E-state index in [1.165, 1.54) is 13.4 Å². The van der Waals surface area contributed by atoms with Crippen molar-refractivity contribution < 1.29 is 13.5 Å².